The number of hydrogen-bond donors (Lipinski definition) is 6. The molecular weight excluding hydrogens is 750 g/mol. The Bertz CT molecular complexity index is 2190. The molecule has 2 bridgehead atoms. The van der Waals surface area contributed by atoms with E-state index in [1.165, 1.54) is 11.1 Å². The van der Waals surface area contributed by atoms with E-state index in [0.717, 1.165) is 51.7 Å². The topological polar surface area (TPSA) is 139 Å². The normalized spacial score (nSPS) is 26.2. The molecule has 0 amide bonds. The Balaban J connectivity index is 1.29. The minimum Gasteiger partial charge on any atom is -0.370 e. The maximum Gasteiger partial charge on any atom is 0.194 e. The zero-order chi connectivity index (χ0) is 29.9. The zero-order valence-corrected chi connectivity index (χ0v) is 27.8. The number of H-pyrrole nitrogens is 3. The monoisotopic (exact) mass is 773 g/mol. The maximum absolute atomic E-state index is 6.93. The van der Waals surface area contributed by atoms with Gasteiger partial charge in [0.25, 0.3) is 0 Å². The lowest BCUT2D eigenvalue weighted by Crippen LogP contribution is -2.68. The van der Waals surface area contributed by atoms with Gasteiger partial charge in [0.15, 0.2) is 11.9 Å². The number of piperidine rings is 1. The Labute approximate surface area is 277 Å². The van der Waals surface area contributed by atoms with Crippen molar-refractivity contribution < 1.29 is 0 Å². The molecule has 6 aromatic rings. The number of nitrogens with two attached hydrogens (primary N) is 2. The van der Waals surface area contributed by atoms with Crippen molar-refractivity contribution in [3.63, 3.8) is 0 Å². The first kappa shape index (κ1) is 26.6. The smallest absolute Gasteiger partial charge is 0.194 e. The number of nitrogens with zero attached hydrogens (tertiary/aromatic N) is 3. The molecule has 3 aromatic heterocycles. The predicted octanol–water partition coefficient (Wildman–Crippen LogP) is 6.65. The molecular formula is C32H26Br3N9. The van der Waals surface area contributed by atoms with Crippen molar-refractivity contribution in [1.82, 2.24) is 25.2 Å². The average Bonchev–Trinajstić information content (AvgIpc) is 3.77. The highest BCUT2D eigenvalue weighted by Gasteiger charge is 2.58. The van der Waals surface area contributed by atoms with Crippen molar-refractivity contribution in [2.75, 3.05) is 0 Å². The van der Waals surface area contributed by atoms with Gasteiger partial charge in [0.05, 0.1) is 6.04 Å². The van der Waals surface area contributed by atoms with Gasteiger partial charge < -0.3 is 36.6 Å². The van der Waals surface area contributed by atoms with Crippen LogP contribution in [0.1, 0.15) is 34.6 Å². The molecule has 6 atom stereocenters. The summed E-state index contributed by atoms with van der Waals surface area (Å²) < 4.78 is 3.07. The van der Waals surface area contributed by atoms with Gasteiger partial charge in [-0.05, 0) is 47.5 Å². The number of guanidine groups is 2. The summed E-state index contributed by atoms with van der Waals surface area (Å²) in [5.41, 5.74) is 20.1. The second-order valence-electron chi connectivity index (χ2n) is 11.8. The Morgan fingerprint density at radius 3 is 1.70 bits per heavy atom. The lowest BCUT2D eigenvalue weighted by Gasteiger charge is -2.54. The van der Waals surface area contributed by atoms with Crippen molar-refractivity contribution in [3.05, 3.63) is 103 Å². The van der Waals surface area contributed by atoms with Crippen LogP contribution >= 0.6 is 47.8 Å². The number of benzene rings is 3. The van der Waals surface area contributed by atoms with Crippen molar-refractivity contribution >= 4 is 92.4 Å². The molecule has 0 spiro atoms. The van der Waals surface area contributed by atoms with E-state index < -0.39 is 0 Å². The molecule has 0 saturated carbocycles. The van der Waals surface area contributed by atoms with E-state index in [2.05, 4.69) is 146 Å². The third kappa shape index (κ3) is 3.80. The number of fused-ring (bicyclic) bond motifs is 7. The summed E-state index contributed by atoms with van der Waals surface area (Å²) in [4.78, 5) is 23.0. The van der Waals surface area contributed by atoms with Crippen molar-refractivity contribution in [3.8, 4) is 0 Å². The van der Waals surface area contributed by atoms with Crippen LogP contribution in [0.25, 0.3) is 32.7 Å². The summed E-state index contributed by atoms with van der Waals surface area (Å²) in [6.07, 6.45) is 6.00. The van der Waals surface area contributed by atoms with Crippen molar-refractivity contribution in [1.29, 1.82) is 0 Å². The van der Waals surface area contributed by atoms with Crippen LogP contribution in [0.4, 0.5) is 0 Å². The molecule has 1 fully saturated rings. The summed E-state index contributed by atoms with van der Waals surface area (Å²) in [7, 11) is 0. The van der Waals surface area contributed by atoms with Gasteiger partial charge in [-0.2, -0.15) is 0 Å². The van der Waals surface area contributed by atoms with Crippen LogP contribution in [0.3, 0.4) is 0 Å². The summed E-state index contributed by atoms with van der Waals surface area (Å²) in [6, 6.07) is 18.6. The minimum absolute atomic E-state index is 0.0594. The first-order valence-corrected chi connectivity index (χ1v) is 16.7. The highest BCUT2D eigenvalue weighted by Crippen LogP contribution is 2.54. The zero-order valence-electron chi connectivity index (χ0n) is 23.0. The van der Waals surface area contributed by atoms with E-state index in [0.29, 0.717) is 11.9 Å². The van der Waals surface area contributed by atoms with Gasteiger partial charge in [0, 0.05) is 88.2 Å². The van der Waals surface area contributed by atoms with Crippen LogP contribution in [-0.2, 0) is 0 Å². The molecule has 1 saturated heterocycles. The summed E-state index contributed by atoms with van der Waals surface area (Å²) in [5, 5.41) is 7.10. The van der Waals surface area contributed by atoms with Gasteiger partial charge in [-0.1, -0.05) is 66.0 Å². The quantitative estimate of drug-likeness (QED) is 0.120. The van der Waals surface area contributed by atoms with E-state index >= 15 is 0 Å². The number of halogens is 3. The van der Waals surface area contributed by atoms with E-state index in [9.17, 15) is 0 Å². The fourth-order valence-electron chi connectivity index (χ4n) is 7.88. The largest absolute Gasteiger partial charge is 0.370 e. The molecule has 0 radical (unpaired) electrons. The van der Waals surface area contributed by atoms with Gasteiger partial charge >= 0.3 is 0 Å². The van der Waals surface area contributed by atoms with Gasteiger partial charge in [-0.25, -0.2) is 9.98 Å². The minimum atomic E-state index is -0.336. The van der Waals surface area contributed by atoms with E-state index in [4.69, 9.17) is 21.5 Å². The van der Waals surface area contributed by atoms with Crippen LogP contribution in [-0.4, -0.2) is 50.0 Å². The molecule has 44 heavy (non-hydrogen) atoms. The first-order chi connectivity index (χ1) is 21.4. The number of hydrogen-bond acceptors (Lipinski definition) is 6. The molecule has 9 rings (SSSR count). The molecule has 0 aliphatic carbocycles. The lowest BCUT2D eigenvalue weighted by molar-refractivity contribution is 0.0900. The van der Waals surface area contributed by atoms with Crippen LogP contribution in [0.15, 0.2) is 96.6 Å². The molecule has 3 aromatic carbocycles. The standard InChI is InChI=1S/C32H26Br3N9/c33-13-1-4-16-19(10-38-22(16)7-13)25-28-26(20-11-39-23-8-14(34)2-5-17(20)23)30(43-31(36)41-28)44-29(25)27(42-32(44)37)21-12-40-24-9-15(35)3-6-18(21)24/h1-12,25-30,38-40H,(H2,37,42)(H3,36,41,43). The summed E-state index contributed by atoms with van der Waals surface area (Å²) >= 11 is 10.9. The van der Waals surface area contributed by atoms with E-state index in [-0.39, 0.29) is 36.1 Å². The van der Waals surface area contributed by atoms with Gasteiger partial charge in [0.2, 0.25) is 0 Å². The predicted molar refractivity (Wildman–Crippen MR) is 186 cm³/mol. The Kier molecular flexibility index (Phi) is 5.83. The number of aromatic amines is 3. The Morgan fingerprint density at radius 1 is 0.636 bits per heavy atom. The number of aliphatic imine (C=N–C) groups is 2. The Hall–Kier alpha value is -3.74. The molecule has 3 aliphatic heterocycles. The Morgan fingerprint density at radius 2 is 1.14 bits per heavy atom. The molecule has 12 heteroatoms. The van der Waals surface area contributed by atoms with Crippen LogP contribution in [0, 0.1) is 0 Å². The van der Waals surface area contributed by atoms with Gasteiger partial charge in [0.1, 0.15) is 12.2 Å². The molecule has 220 valence electrons. The molecule has 9 nitrogen and oxygen atoms in total. The summed E-state index contributed by atoms with van der Waals surface area (Å²) in [5.74, 6) is 0.771. The third-order valence-electron chi connectivity index (χ3n) is 9.58. The van der Waals surface area contributed by atoms with Crippen LogP contribution < -0.4 is 16.8 Å². The molecule has 6 unspecified atom stereocenters. The van der Waals surface area contributed by atoms with Crippen LogP contribution in [0.2, 0.25) is 0 Å². The SMILES string of the molecule is NC1=NC2C(c3c[nH]c4cc(Br)ccc34)C(N1)C(c1c[nH]c3cc(Br)ccc13)C1C(c3c[nH]c4cc(Br)ccc34)N=C(N)N21. The van der Waals surface area contributed by atoms with E-state index in [1.807, 2.05) is 0 Å². The van der Waals surface area contributed by atoms with Gasteiger partial charge in [-0.3, -0.25) is 0 Å². The third-order valence-corrected chi connectivity index (χ3v) is 11.1. The number of rotatable bonds is 3. The van der Waals surface area contributed by atoms with Gasteiger partial charge in [-0.15, -0.1) is 0 Å². The van der Waals surface area contributed by atoms with Crippen molar-refractivity contribution in [2.24, 2.45) is 21.5 Å². The second kappa shape index (κ2) is 9.63. The first-order valence-electron chi connectivity index (χ1n) is 14.4. The van der Waals surface area contributed by atoms with Crippen LogP contribution in [0.5, 0.6) is 0 Å². The number of nitrogens with one attached hydrogen (secondary N) is 4. The van der Waals surface area contributed by atoms with E-state index in [1.54, 1.807) is 0 Å². The molecule has 8 N–H and O–H groups in total. The lowest BCUT2D eigenvalue weighted by atomic mass is 9.68. The fourth-order valence-corrected chi connectivity index (χ4v) is 8.97. The fraction of sp³-hybridized carbons (Fsp3) is 0.188. The summed E-state index contributed by atoms with van der Waals surface area (Å²) in [6.45, 7) is 0. The molecule has 6 heterocycles. The second-order valence-corrected chi connectivity index (χ2v) is 14.5. The highest BCUT2D eigenvalue weighted by atomic mass is 79.9. The van der Waals surface area contributed by atoms with Crippen molar-refractivity contribution in [2.45, 2.75) is 36.1 Å². The average molecular weight is 776 g/mol. The molecule has 3 aliphatic rings. The highest BCUT2D eigenvalue weighted by molar-refractivity contribution is 9.11. The maximum atomic E-state index is 6.93. The number of aromatic nitrogens is 3.